The highest BCUT2D eigenvalue weighted by molar-refractivity contribution is 5.86. The van der Waals surface area contributed by atoms with Gasteiger partial charge in [0.25, 0.3) is 0 Å². The van der Waals surface area contributed by atoms with Gasteiger partial charge in [-0.15, -0.1) is 0 Å². The highest BCUT2D eigenvalue weighted by Gasteiger charge is 2.00. The quantitative estimate of drug-likeness (QED) is 0.831. The Bertz CT molecular complexity index is 479. The summed E-state index contributed by atoms with van der Waals surface area (Å²) in [6.07, 6.45) is 3.38. The molecule has 1 N–H and O–H groups in total. The van der Waals surface area contributed by atoms with Crippen molar-refractivity contribution in [3.63, 3.8) is 0 Å². The van der Waals surface area contributed by atoms with Gasteiger partial charge >= 0.3 is 0 Å². The summed E-state index contributed by atoms with van der Waals surface area (Å²) in [5.41, 5.74) is 1.98. The minimum Gasteiger partial charge on any atom is -0.295 e. The fraction of sp³-hybridized carbons (Fsp3) is 0.0833. The van der Waals surface area contributed by atoms with Gasteiger partial charge in [0.05, 0.1) is 0 Å². The lowest BCUT2D eigenvalue weighted by molar-refractivity contribution is -0.114. The van der Waals surface area contributed by atoms with Crippen molar-refractivity contribution in [2.45, 2.75) is 6.92 Å². The van der Waals surface area contributed by atoms with Crippen molar-refractivity contribution in [1.29, 1.82) is 0 Å². The number of nitrogens with one attached hydrogen (secondary N) is 1. The standard InChI is InChI=1S/C12H11N3O/c1-9(16)15-12-13-7-11(8-14-12)10-5-3-2-4-6-10/h2-8H,1H3,(H,13,14,15,16). The molecule has 1 heterocycles. The van der Waals surface area contributed by atoms with Crippen molar-refractivity contribution >= 4 is 11.9 Å². The Balaban J connectivity index is 2.23. The number of nitrogens with zero attached hydrogens (tertiary/aromatic N) is 2. The molecule has 1 aromatic carbocycles. The molecule has 2 rings (SSSR count). The van der Waals surface area contributed by atoms with E-state index in [1.54, 1.807) is 12.4 Å². The molecule has 0 bridgehead atoms. The molecule has 1 amide bonds. The Morgan fingerprint density at radius 3 is 2.25 bits per heavy atom. The van der Waals surface area contributed by atoms with E-state index in [9.17, 15) is 4.79 Å². The predicted octanol–water partition coefficient (Wildman–Crippen LogP) is 2.10. The average molecular weight is 213 g/mol. The molecule has 0 spiro atoms. The van der Waals surface area contributed by atoms with Crippen molar-refractivity contribution in [2.24, 2.45) is 0 Å². The van der Waals surface area contributed by atoms with Crippen LogP contribution in [0.4, 0.5) is 5.95 Å². The van der Waals surface area contributed by atoms with E-state index in [1.165, 1.54) is 6.92 Å². The number of amides is 1. The summed E-state index contributed by atoms with van der Waals surface area (Å²) in [6.45, 7) is 1.43. The maximum atomic E-state index is 10.8. The third-order valence-corrected chi connectivity index (χ3v) is 2.05. The van der Waals surface area contributed by atoms with E-state index in [1.807, 2.05) is 30.3 Å². The molecule has 0 aliphatic carbocycles. The van der Waals surface area contributed by atoms with Gasteiger partial charge in [0.15, 0.2) is 0 Å². The molecular weight excluding hydrogens is 202 g/mol. The van der Waals surface area contributed by atoms with E-state index in [0.29, 0.717) is 5.95 Å². The van der Waals surface area contributed by atoms with Crippen molar-refractivity contribution in [2.75, 3.05) is 5.32 Å². The molecule has 0 unspecified atom stereocenters. The molecule has 0 saturated heterocycles. The molecule has 2 aromatic rings. The molecule has 0 aliphatic heterocycles. The van der Waals surface area contributed by atoms with Crippen molar-refractivity contribution in [3.8, 4) is 11.1 Å². The van der Waals surface area contributed by atoms with Crippen LogP contribution in [0.1, 0.15) is 6.92 Å². The zero-order valence-electron chi connectivity index (χ0n) is 8.84. The average Bonchev–Trinajstić information content (AvgIpc) is 2.30. The summed E-state index contributed by atoms with van der Waals surface area (Å²) in [6, 6.07) is 9.83. The summed E-state index contributed by atoms with van der Waals surface area (Å²) >= 11 is 0. The van der Waals surface area contributed by atoms with Gasteiger partial charge in [-0.2, -0.15) is 0 Å². The van der Waals surface area contributed by atoms with Crippen molar-refractivity contribution in [3.05, 3.63) is 42.7 Å². The van der Waals surface area contributed by atoms with Crippen LogP contribution < -0.4 is 5.32 Å². The monoisotopic (exact) mass is 213 g/mol. The van der Waals surface area contributed by atoms with Gasteiger partial charge in [-0.3, -0.25) is 10.1 Å². The Labute approximate surface area is 93.4 Å². The van der Waals surface area contributed by atoms with E-state index in [0.717, 1.165) is 11.1 Å². The molecule has 4 heteroatoms. The first-order valence-electron chi connectivity index (χ1n) is 4.91. The first-order valence-corrected chi connectivity index (χ1v) is 4.91. The SMILES string of the molecule is CC(=O)Nc1ncc(-c2ccccc2)cn1. The van der Waals surface area contributed by atoms with Crippen molar-refractivity contribution < 1.29 is 4.79 Å². The number of rotatable bonds is 2. The van der Waals surface area contributed by atoms with Crippen LogP contribution in [0.25, 0.3) is 11.1 Å². The van der Waals surface area contributed by atoms with E-state index >= 15 is 0 Å². The van der Waals surface area contributed by atoms with Gasteiger partial charge in [-0.1, -0.05) is 30.3 Å². The molecular formula is C12H11N3O. The largest absolute Gasteiger partial charge is 0.295 e. The van der Waals surface area contributed by atoms with Gasteiger partial charge in [-0.05, 0) is 5.56 Å². The number of aromatic nitrogens is 2. The summed E-state index contributed by atoms with van der Waals surface area (Å²) in [5.74, 6) is 0.152. The predicted molar refractivity (Wildman–Crippen MR) is 61.8 cm³/mol. The molecule has 1 aromatic heterocycles. The lowest BCUT2D eigenvalue weighted by Gasteiger charge is -2.02. The molecule has 0 saturated carbocycles. The summed E-state index contributed by atoms with van der Waals surface area (Å²) < 4.78 is 0. The normalized spacial score (nSPS) is 9.81. The van der Waals surface area contributed by atoms with E-state index in [4.69, 9.17) is 0 Å². The fourth-order valence-corrected chi connectivity index (χ4v) is 1.33. The minimum absolute atomic E-state index is 0.174. The number of hydrogen-bond acceptors (Lipinski definition) is 3. The van der Waals surface area contributed by atoms with E-state index in [-0.39, 0.29) is 5.91 Å². The second kappa shape index (κ2) is 4.53. The van der Waals surface area contributed by atoms with Gasteiger partial charge in [0.1, 0.15) is 0 Å². The lowest BCUT2D eigenvalue weighted by Crippen LogP contribution is -2.08. The minimum atomic E-state index is -0.174. The molecule has 0 fully saturated rings. The van der Waals surface area contributed by atoms with Crippen LogP contribution in [0.2, 0.25) is 0 Å². The zero-order valence-corrected chi connectivity index (χ0v) is 8.84. The van der Waals surface area contributed by atoms with Crippen LogP contribution in [-0.4, -0.2) is 15.9 Å². The molecule has 4 nitrogen and oxygen atoms in total. The van der Waals surface area contributed by atoms with E-state index in [2.05, 4.69) is 15.3 Å². The maximum Gasteiger partial charge on any atom is 0.229 e. The first kappa shape index (κ1) is 10.3. The number of carbonyl (C=O) groups excluding carboxylic acids is 1. The lowest BCUT2D eigenvalue weighted by atomic mass is 10.1. The Morgan fingerprint density at radius 1 is 1.06 bits per heavy atom. The summed E-state index contributed by atoms with van der Waals surface area (Å²) in [7, 11) is 0. The third kappa shape index (κ3) is 2.42. The van der Waals surface area contributed by atoms with Crippen LogP contribution in [0.5, 0.6) is 0 Å². The van der Waals surface area contributed by atoms with Gasteiger partial charge in [0, 0.05) is 24.9 Å². The number of anilines is 1. The highest BCUT2D eigenvalue weighted by Crippen LogP contribution is 2.16. The van der Waals surface area contributed by atoms with Crippen LogP contribution in [0.3, 0.4) is 0 Å². The number of carbonyl (C=O) groups is 1. The van der Waals surface area contributed by atoms with Gasteiger partial charge in [-0.25, -0.2) is 9.97 Å². The molecule has 16 heavy (non-hydrogen) atoms. The van der Waals surface area contributed by atoms with Crippen molar-refractivity contribution in [1.82, 2.24) is 9.97 Å². The highest BCUT2D eigenvalue weighted by atomic mass is 16.1. The smallest absolute Gasteiger partial charge is 0.229 e. The molecule has 80 valence electrons. The maximum absolute atomic E-state index is 10.8. The summed E-state index contributed by atoms with van der Waals surface area (Å²) in [4.78, 5) is 18.9. The van der Waals surface area contributed by atoms with E-state index < -0.39 is 0 Å². The molecule has 0 atom stereocenters. The zero-order chi connectivity index (χ0) is 11.4. The van der Waals surface area contributed by atoms with Crippen LogP contribution >= 0.6 is 0 Å². The Kier molecular flexibility index (Phi) is 2.91. The molecule has 0 aliphatic rings. The molecule has 0 radical (unpaired) electrons. The second-order valence-corrected chi connectivity index (χ2v) is 3.34. The number of hydrogen-bond donors (Lipinski definition) is 1. The fourth-order valence-electron chi connectivity index (χ4n) is 1.33. The topological polar surface area (TPSA) is 54.9 Å². The van der Waals surface area contributed by atoms with Gasteiger partial charge < -0.3 is 0 Å². The Morgan fingerprint density at radius 2 is 1.69 bits per heavy atom. The van der Waals surface area contributed by atoms with Crippen LogP contribution in [-0.2, 0) is 4.79 Å². The third-order valence-electron chi connectivity index (χ3n) is 2.05. The summed E-state index contributed by atoms with van der Waals surface area (Å²) in [5, 5.41) is 2.52. The van der Waals surface area contributed by atoms with Crippen LogP contribution in [0, 0.1) is 0 Å². The Hall–Kier alpha value is -2.23. The second-order valence-electron chi connectivity index (χ2n) is 3.34. The van der Waals surface area contributed by atoms with Crippen LogP contribution in [0.15, 0.2) is 42.7 Å². The number of benzene rings is 1. The van der Waals surface area contributed by atoms with Gasteiger partial charge in [0.2, 0.25) is 11.9 Å². The first-order chi connectivity index (χ1) is 7.75.